The molecule has 1 amide bonds. The molecule has 22 heavy (non-hydrogen) atoms. The maximum Gasteiger partial charge on any atom is 0.274 e. The molecule has 118 valence electrons. The van der Waals surface area contributed by atoms with Gasteiger partial charge in [-0.2, -0.15) is 10.2 Å². The van der Waals surface area contributed by atoms with E-state index in [9.17, 15) is 4.79 Å². The number of nitrogens with one attached hydrogen (secondary N) is 1. The van der Waals surface area contributed by atoms with E-state index in [0.717, 1.165) is 31.5 Å². The quantitative estimate of drug-likeness (QED) is 0.942. The molecule has 1 aliphatic rings. The van der Waals surface area contributed by atoms with Gasteiger partial charge in [-0.15, -0.1) is 0 Å². The van der Waals surface area contributed by atoms with Crippen LogP contribution in [0.3, 0.4) is 0 Å². The van der Waals surface area contributed by atoms with Crippen molar-refractivity contribution in [3.8, 4) is 0 Å². The molecule has 0 saturated carbocycles. The molecule has 1 aliphatic heterocycles. The summed E-state index contributed by atoms with van der Waals surface area (Å²) in [4.78, 5) is 14.5. The molecule has 2 aromatic rings. The molecule has 6 heteroatoms. The molecule has 1 atom stereocenters. The van der Waals surface area contributed by atoms with Crippen LogP contribution < -0.4 is 0 Å². The van der Waals surface area contributed by atoms with Crippen LogP contribution in [0.4, 0.5) is 0 Å². The van der Waals surface area contributed by atoms with Crippen LogP contribution in [0, 0.1) is 5.92 Å². The summed E-state index contributed by atoms with van der Waals surface area (Å²) in [6, 6.07) is 4.08. The zero-order valence-electron chi connectivity index (χ0n) is 13.2. The number of carbonyl (C=O) groups excluding carboxylic acids is 1. The highest BCUT2D eigenvalue weighted by Crippen LogP contribution is 2.22. The maximum absolute atomic E-state index is 12.6. The van der Waals surface area contributed by atoms with Gasteiger partial charge in [-0.25, -0.2) is 0 Å². The van der Waals surface area contributed by atoms with E-state index in [2.05, 4.69) is 29.1 Å². The van der Waals surface area contributed by atoms with Crippen LogP contribution >= 0.6 is 0 Å². The topological polar surface area (TPSA) is 66.8 Å². The Labute approximate surface area is 130 Å². The lowest BCUT2D eigenvalue weighted by molar-refractivity contribution is 0.0667. The van der Waals surface area contributed by atoms with Gasteiger partial charge >= 0.3 is 0 Å². The first kappa shape index (κ1) is 14.8. The number of piperidine rings is 1. The predicted molar refractivity (Wildman–Crippen MR) is 83.5 cm³/mol. The van der Waals surface area contributed by atoms with Crippen molar-refractivity contribution >= 4 is 5.91 Å². The zero-order chi connectivity index (χ0) is 15.5. The highest BCUT2D eigenvalue weighted by molar-refractivity contribution is 5.92. The van der Waals surface area contributed by atoms with Crippen LogP contribution in [0.2, 0.25) is 0 Å². The van der Waals surface area contributed by atoms with Gasteiger partial charge in [-0.1, -0.05) is 13.8 Å². The largest absolute Gasteiger partial charge is 0.335 e. The Morgan fingerprint density at radius 3 is 3.09 bits per heavy atom. The minimum Gasteiger partial charge on any atom is -0.335 e. The van der Waals surface area contributed by atoms with Crippen molar-refractivity contribution in [3.05, 3.63) is 35.9 Å². The summed E-state index contributed by atoms with van der Waals surface area (Å²) in [7, 11) is 0. The third-order valence-electron chi connectivity index (χ3n) is 4.06. The van der Waals surface area contributed by atoms with Gasteiger partial charge < -0.3 is 4.90 Å². The molecule has 0 spiro atoms. The number of hydrogen-bond donors (Lipinski definition) is 1. The molecule has 0 aromatic carbocycles. The molecule has 2 aromatic heterocycles. The Morgan fingerprint density at radius 1 is 1.50 bits per heavy atom. The van der Waals surface area contributed by atoms with Crippen molar-refractivity contribution in [1.29, 1.82) is 0 Å². The van der Waals surface area contributed by atoms with Crippen LogP contribution in [0.1, 0.15) is 48.9 Å². The second kappa shape index (κ2) is 6.34. The highest BCUT2D eigenvalue weighted by Gasteiger charge is 2.27. The Balaban J connectivity index is 1.67. The average molecular weight is 301 g/mol. The fraction of sp³-hybridized carbons (Fsp3) is 0.562. The number of nitrogens with zero attached hydrogens (tertiary/aromatic N) is 4. The molecular weight excluding hydrogens is 278 g/mol. The van der Waals surface area contributed by atoms with Crippen LogP contribution in [-0.2, 0) is 6.42 Å². The van der Waals surface area contributed by atoms with E-state index in [1.54, 1.807) is 6.20 Å². The number of hydrogen-bond acceptors (Lipinski definition) is 3. The number of carbonyl (C=O) groups is 1. The first-order valence-corrected chi connectivity index (χ1v) is 7.96. The van der Waals surface area contributed by atoms with Gasteiger partial charge in [-0.05, 0) is 37.3 Å². The summed E-state index contributed by atoms with van der Waals surface area (Å²) in [6.07, 6.45) is 6.72. The lowest BCUT2D eigenvalue weighted by atomic mass is 10.1. The Morgan fingerprint density at radius 2 is 2.36 bits per heavy atom. The molecule has 1 fully saturated rings. The molecule has 0 bridgehead atoms. The highest BCUT2D eigenvalue weighted by atomic mass is 16.2. The van der Waals surface area contributed by atoms with E-state index in [0.29, 0.717) is 18.2 Å². The SMILES string of the molecule is CC(C)Cc1cc(C(=O)N2CCCC(n3cccn3)C2)n[nH]1. The van der Waals surface area contributed by atoms with Crippen LogP contribution in [0.5, 0.6) is 0 Å². The van der Waals surface area contributed by atoms with Crippen molar-refractivity contribution in [2.75, 3.05) is 13.1 Å². The van der Waals surface area contributed by atoms with Gasteiger partial charge in [0, 0.05) is 31.2 Å². The minimum absolute atomic E-state index is 0.0168. The monoisotopic (exact) mass is 301 g/mol. The summed E-state index contributed by atoms with van der Waals surface area (Å²) in [6.45, 7) is 5.80. The fourth-order valence-electron chi connectivity index (χ4n) is 3.03. The molecule has 1 saturated heterocycles. The molecule has 1 unspecified atom stereocenters. The first-order valence-electron chi connectivity index (χ1n) is 7.96. The van der Waals surface area contributed by atoms with Crippen molar-refractivity contribution in [2.24, 2.45) is 5.92 Å². The van der Waals surface area contributed by atoms with Crippen molar-refractivity contribution in [3.63, 3.8) is 0 Å². The van der Waals surface area contributed by atoms with Gasteiger partial charge in [0.1, 0.15) is 5.69 Å². The number of H-pyrrole nitrogens is 1. The third kappa shape index (κ3) is 3.21. The molecule has 6 nitrogen and oxygen atoms in total. The standard InChI is InChI=1S/C16H23N5O/c1-12(2)9-13-10-15(19-18-13)16(22)20-7-3-5-14(11-20)21-8-4-6-17-21/h4,6,8,10,12,14H,3,5,7,9,11H2,1-2H3,(H,18,19). The summed E-state index contributed by atoms with van der Waals surface area (Å²) in [5.74, 6) is 0.561. The van der Waals surface area contributed by atoms with E-state index in [1.165, 1.54) is 0 Å². The van der Waals surface area contributed by atoms with Gasteiger partial charge in [0.2, 0.25) is 0 Å². The Kier molecular flexibility index (Phi) is 4.27. The van der Waals surface area contributed by atoms with Gasteiger partial charge in [0.25, 0.3) is 5.91 Å². The second-order valence-corrected chi connectivity index (χ2v) is 6.41. The minimum atomic E-state index is 0.0168. The number of aromatic nitrogens is 4. The number of rotatable bonds is 4. The molecule has 0 radical (unpaired) electrons. The predicted octanol–water partition coefficient (Wildman–Crippen LogP) is 2.28. The van der Waals surface area contributed by atoms with Gasteiger partial charge in [0.15, 0.2) is 0 Å². The Hall–Kier alpha value is -2.11. The second-order valence-electron chi connectivity index (χ2n) is 6.41. The molecular formula is C16H23N5O. The van der Waals surface area contributed by atoms with Crippen molar-refractivity contribution in [1.82, 2.24) is 24.9 Å². The van der Waals surface area contributed by atoms with Gasteiger partial charge in [-0.3, -0.25) is 14.6 Å². The van der Waals surface area contributed by atoms with Crippen LogP contribution in [-0.4, -0.2) is 43.9 Å². The maximum atomic E-state index is 12.6. The first-order chi connectivity index (χ1) is 10.6. The van der Waals surface area contributed by atoms with Gasteiger partial charge in [0.05, 0.1) is 6.04 Å². The summed E-state index contributed by atoms with van der Waals surface area (Å²) in [5.41, 5.74) is 1.55. The van der Waals surface area contributed by atoms with E-state index < -0.39 is 0 Å². The molecule has 1 N–H and O–H groups in total. The van der Waals surface area contributed by atoms with Crippen LogP contribution in [0.25, 0.3) is 0 Å². The summed E-state index contributed by atoms with van der Waals surface area (Å²) in [5, 5.41) is 11.5. The number of aromatic amines is 1. The normalized spacial score (nSPS) is 18.9. The smallest absolute Gasteiger partial charge is 0.274 e. The number of amides is 1. The average Bonchev–Trinajstić information content (AvgIpc) is 3.17. The van der Waals surface area contributed by atoms with Crippen molar-refractivity contribution in [2.45, 2.75) is 39.2 Å². The van der Waals surface area contributed by atoms with E-state index in [1.807, 2.05) is 27.9 Å². The van der Waals surface area contributed by atoms with Crippen molar-refractivity contribution < 1.29 is 4.79 Å². The third-order valence-corrected chi connectivity index (χ3v) is 4.06. The molecule has 3 rings (SSSR count). The summed E-state index contributed by atoms with van der Waals surface area (Å²) < 4.78 is 1.95. The van der Waals surface area contributed by atoms with E-state index in [-0.39, 0.29) is 11.9 Å². The number of likely N-dealkylation sites (tertiary alicyclic amines) is 1. The molecule has 3 heterocycles. The van der Waals surface area contributed by atoms with Crippen LogP contribution in [0.15, 0.2) is 24.5 Å². The lowest BCUT2D eigenvalue weighted by Gasteiger charge is -2.32. The molecule has 0 aliphatic carbocycles. The zero-order valence-corrected chi connectivity index (χ0v) is 13.2. The Bertz CT molecular complexity index is 616. The summed E-state index contributed by atoms with van der Waals surface area (Å²) >= 11 is 0. The lowest BCUT2D eigenvalue weighted by Crippen LogP contribution is -2.41. The van der Waals surface area contributed by atoms with E-state index in [4.69, 9.17) is 0 Å². The fourth-order valence-corrected chi connectivity index (χ4v) is 3.03. The van der Waals surface area contributed by atoms with E-state index >= 15 is 0 Å².